The molecule has 0 aliphatic heterocycles. The summed E-state index contributed by atoms with van der Waals surface area (Å²) in [6, 6.07) is 9.95. The number of nitrogens with zero attached hydrogens (tertiary/aromatic N) is 1. The van der Waals surface area contributed by atoms with Crippen LogP contribution in [-0.2, 0) is 6.54 Å². The van der Waals surface area contributed by atoms with Crippen LogP contribution in [0.1, 0.15) is 37.7 Å². The largest absolute Gasteiger partial charge is 0.491 e. The monoisotopic (exact) mass is 311 g/mol. The van der Waals surface area contributed by atoms with E-state index in [2.05, 4.69) is 16.4 Å². The maximum atomic E-state index is 6.14. The molecule has 1 aliphatic carbocycles. The predicted molar refractivity (Wildman–Crippen MR) is 94.5 cm³/mol. The molecule has 122 valence electrons. The third kappa shape index (κ3) is 4.62. The fraction of sp³-hybridized carbons (Fsp3) is 0.421. The van der Waals surface area contributed by atoms with Gasteiger partial charge in [0.15, 0.2) is 0 Å². The van der Waals surface area contributed by atoms with Crippen molar-refractivity contribution in [2.24, 2.45) is 5.92 Å². The number of ether oxygens (including phenoxy) is 1. The number of anilines is 2. The number of hydrogen-bond donors (Lipinski definition) is 2. The predicted octanol–water partition coefficient (Wildman–Crippen LogP) is 4.24. The zero-order valence-corrected chi connectivity index (χ0v) is 13.5. The van der Waals surface area contributed by atoms with Gasteiger partial charge in [0.1, 0.15) is 5.75 Å². The molecule has 0 spiro atoms. The van der Waals surface area contributed by atoms with E-state index in [1.807, 2.05) is 24.3 Å². The molecule has 3 N–H and O–H groups in total. The van der Waals surface area contributed by atoms with Crippen LogP contribution in [-0.4, -0.2) is 11.6 Å². The van der Waals surface area contributed by atoms with Gasteiger partial charge in [-0.2, -0.15) is 0 Å². The lowest BCUT2D eigenvalue weighted by Crippen LogP contribution is -2.15. The number of pyridine rings is 1. The molecule has 1 fully saturated rings. The van der Waals surface area contributed by atoms with E-state index >= 15 is 0 Å². The number of rotatable bonds is 6. The highest BCUT2D eigenvalue weighted by molar-refractivity contribution is 5.55. The van der Waals surface area contributed by atoms with Crippen molar-refractivity contribution >= 4 is 11.4 Å². The van der Waals surface area contributed by atoms with Gasteiger partial charge in [-0.05, 0) is 48.6 Å². The Bertz CT molecular complexity index is 609. The Morgan fingerprint density at radius 2 is 1.87 bits per heavy atom. The topological polar surface area (TPSA) is 60.2 Å². The van der Waals surface area contributed by atoms with Gasteiger partial charge in [-0.15, -0.1) is 0 Å². The Hall–Kier alpha value is -2.23. The summed E-state index contributed by atoms with van der Waals surface area (Å²) in [7, 11) is 0. The summed E-state index contributed by atoms with van der Waals surface area (Å²) < 4.78 is 5.94. The summed E-state index contributed by atoms with van der Waals surface area (Å²) in [5.74, 6) is 1.50. The van der Waals surface area contributed by atoms with Gasteiger partial charge < -0.3 is 15.8 Å². The molecule has 0 amide bonds. The van der Waals surface area contributed by atoms with Crippen molar-refractivity contribution in [3.8, 4) is 5.75 Å². The average Bonchev–Trinajstić information content (AvgIpc) is 2.61. The SMILES string of the molecule is Nc1cc(CNc2ccncc2)ccc1OCC1CCCCC1. The van der Waals surface area contributed by atoms with Crippen molar-refractivity contribution in [3.63, 3.8) is 0 Å². The minimum Gasteiger partial charge on any atom is -0.491 e. The van der Waals surface area contributed by atoms with Crippen molar-refractivity contribution < 1.29 is 4.74 Å². The van der Waals surface area contributed by atoms with Gasteiger partial charge >= 0.3 is 0 Å². The van der Waals surface area contributed by atoms with Crippen LogP contribution < -0.4 is 15.8 Å². The molecule has 0 unspecified atom stereocenters. The van der Waals surface area contributed by atoms with Crippen LogP contribution in [0, 0.1) is 5.92 Å². The molecular weight excluding hydrogens is 286 g/mol. The Morgan fingerprint density at radius 1 is 1.09 bits per heavy atom. The molecule has 1 aromatic heterocycles. The molecule has 0 saturated heterocycles. The van der Waals surface area contributed by atoms with Gasteiger partial charge in [-0.1, -0.05) is 25.3 Å². The van der Waals surface area contributed by atoms with Gasteiger partial charge in [-0.3, -0.25) is 4.98 Å². The average molecular weight is 311 g/mol. The fourth-order valence-electron chi connectivity index (χ4n) is 3.07. The lowest BCUT2D eigenvalue weighted by molar-refractivity contribution is 0.209. The van der Waals surface area contributed by atoms with Crippen LogP contribution in [0.2, 0.25) is 0 Å². The number of aromatic nitrogens is 1. The Morgan fingerprint density at radius 3 is 2.61 bits per heavy atom. The van der Waals surface area contributed by atoms with Crippen LogP contribution in [0.4, 0.5) is 11.4 Å². The van der Waals surface area contributed by atoms with Gasteiger partial charge in [0.05, 0.1) is 12.3 Å². The second-order valence-electron chi connectivity index (χ2n) is 6.28. The highest BCUT2D eigenvalue weighted by atomic mass is 16.5. The lowest BCUT2D eigenvalue weighted by Gasteiger charge is -2.22. The van der Waals surface area contributed by atoms with Crippen LogP contribution in [0.15, 0.2) is 42.7 Å². The number of nitrogens with one attached hydrogen (secondary N) is 1. The third-order valence-corrected chi connectivity index (χ3v) is 4.45. The van der Waals surface area contributed by atoms with Gasteiger partial charge in [0.2, 0.25) is 0 Å². The maximum absolute atomic E-state index is 6.14. The summed E-state index contributed by atoms with van der Waals surface area (Å²) in [6.07, 6.45) is 10.2. The zero-order valence-electron chi connectivity index (χ0n) is 13.5. The molecule has 2 aromatic rings. The van der Waals surface area contributed by atoms with Gasteiger partial charge in [0, 0.05) is 24.6 Å². The second kappa shape index (κ2) is 7.86. The molecule has 4 nitrogen and oxygen atoms in total. The number of nitrogen functional groups attached to an aromatic ring is 1. The molecule has 0 atom stereocenters. The minimum atomic E-state index is 0.691. The quantitative estimate of drug-likeness (QED) is 0.784. The zero-order chi connectivity index (χ0) is 15.9. The molecule has 1 heterocycles. The molecule has 0 radical (unpaired) electrons. The van der Waals surface area contributed by atoms with Gasteiger partial charge in [-0.25, -0.2) is 0 Å². The Balaban J connectivity index is 1.52. The van der Waals surface area contributed by atoms with E-state index in [9.17, 15) is 0 Å². The van der Waals surface area contributed by atoms with E-state index in [1.165, 1.54) is 32.1 Å². The first-order valence-corrected chi connectivity index (χ1v) is 8.46. The van der Waals surface area contributed by atoms with Crippen LogP contribution in [0.3, 0.4) is 0 Å². The maximum Gasteiger partial charge on any atom is 0.142 e. The van der Waals surface area contributed by atoms with Crippen molar-refractivity contribution in [1.29, 1.82) is 0 Å². The smallest absolute Gasteiger partial charge is 0.142 e. The van der Waals surface area contributed by atoms with Crippen molar-refractivity contribution in [3.05, 3.63) is 48.3 Å². The highest BCUT2D eigenvalue weighted by Crippen LogP contribution is 2.27. The molecule has 0 bridgehead atoms. The van der Waals surface area contributed by atoms with E-state index < -0.39 is 0 Å². The molecule has 23 heavy (non-hydrogen) atoms. The summed E-state index contributed by atoms with van der Waals surface area (Å²) in [4.78, 5) is 4.01. The van der Waals surface area contributed by atoms with Crippen LogP contribution >= 0.6 is 0 Å². The van der Waals surface area contributed by atoms with E-state index in [0.29, 0.717) is 5.92 Å². The van der Waals surface area contributed by atoms with E-state index in [1.54, 1.807) is 12.4 Å². The molecule has 1 aliphatic rings. The lowest BCUT2D eigenvalue weighted by atomic mass is 9.90. The molecule has 4 heteroatoms. The number of benzene rings is 1. The van der Waals surface area contributed by atoms with Crippen LogP contribution in [0.25, 0.3) is 0 Å². The highest BCUT2D eigenvalue weighted by Gasteiger charge is 2.14. The summed E-state index contributed by atoms with van der Waals surface area (Å²) >= 11 is 0. The van der Waals surface area contributed by atoms with Crippen molar-refractivity contribution in [2.45, 2.75) is 38.6 Å². The molecule has 3 rings (SSSR count). The normalized spacial score (nSPS) is 15.3. The number of hydrogen-bond acceptors (Lipinski definition) is 4. The van der Waals surface area contributed by atoms with Crippen molar-refractivity contribution in [1.82, 2.24) is 4.98 Å². The van der Waals surface area contributed by atoms with E-state index in [-0.39, 0.29) is 0 Å². The first-order valence-electron chi connectivity index (χ1n) is 8.46. The third-order valence-electron chi connectivity index (χ3n) is 4.45. The first-order chi connectivity index (χ1) is 11.3. The summed E-state index contributed by atoms with van der Waals surface area (Å²) in [5.41, 5.74) is 9.06. The van der Waals surface area contributed by atoms with Gasteiger partial charge in [0.25, 0.3) is 0 Å². The number of nitrogens with two attached hydrogens (primary N) is 1. The molecule has 1 saturated carbocycles. The van der Waals surface area contributed by atoms with Crippen LogP contribution in [0.5, 0.6) is 5.75 Å². The second-order valence-corrected chi connectivity index (χ2v) is 6.28. The first kappa shape index (κ1) is 15.7. The standard InChI is InChI=1S/C19H25N3O/c20-18-12-16(13-22-17-8-10-21-11-9-17)6-7-19(18)23-14-15-4-2-1-3-5-15/h6-12,15H,1-5,13-14,20H2,(H,21,22). The summed E-state index contributed by atoms with van der Waals surface area (Å²) in [5, 5.41) is 3.35. The van der Waals surface area contributed by atoms with E-state index in [4.69, 9.17) is 10.5 Å². The fourth-order valence-corrected chi connectivity index (χ4v) is 3.07. The molecular formula is C19H25N3O. The molecule has 1 aromatic carbocycles. The Labute approximate surface area is 138 Å². The minimum absolute atomic E-state index is 0.691. The Kier molecular flexibility index (Phi) is 5.35. The summed E-state index contributed by atoms with van der Waals surface area (Å²) in [6.45, 7) is 1.52. The van der Waals surface area contributed by atoms with Crippen molar-refractivity contribution in [2.75, 3.05) is 17.7 Å². The van der Waals surface area contributed by atoms with E-state index in [0.717, 1.165) is 35.8 Å².